The molecule has 0 spiro atoms. The van der Waals surface area contributed by atoms with Gasteiger partial charge < -0.3 is 4.98 Å². The van der Waals surface area contributed by atoms with E-state index in [2.05, 4.69) is 21.3 Å². The minimum absolute atomic E-state index is 0.102. The minimum Gasteiger partial charge on any atom is -0.345 e. The minimum atomic E-state index is -3.34. The van der Waals surface area contributed by atoms with E-state index in [0.717, 1.165) is 11.3 Å². The van der Waals surface area contributed by atoms with Gasteiger partial charge in [-0.2, -0.15) is 0 Å². The SMILES string of the molecule is C=CCS(=O)(=O)Nc1ccc(-c2cnc[nH]2)cc1. The highest BCUT2D eigenvalue weighted by Crippen LogP contribution is 2.19. The molecular formula is C12H13N3O2S. The highest BCUT2D eigenvalue weighted by molar-refractivity contribution is 7.92. The number of aromatic nitrogens is 2. The van der Waals surface area contributed by atoms with Crippen LogP contribution in [0.4, 0.5) is 5.69 Å². The van der Waals surface area contributed by atoms with Crippen molar-refractivity contribution in [2.45, 2.75) is 0 Å². The lowest BCUT2D eigenvalue weighted by Gasteiger charge is -2.06. The molecule has 0 unspecified atom stereocenters. The molecule has 1 heterocycles. The van der Waals surface area contributed by atoms with E-state index in [1.54, 1.807) is 24.7 Å². The summed E-state index contributed by atoms with van der Waals surface area (Å²) in [6, 6.07) is 7.05. The third kappa shape index (κ3) is 2.98. The monoisotopic (exact) mass is 263 g/mol. The summed E-state index contributed by atoms with van der Waals surface area (Å²) in [7, 11) is -3.34. The maximum absolute atomic E-state index is 11.5. The van der Waals surface area contributed by atoms with Crippen molar-refractivity contribution >= 4 is 15.7 Å². The molecule has 0 aliphatic carbocycles. The van der Waals surface area contributed by atoms with Crippen LogP contribution in [0.1, 0.15) is 0 Å². The van der Waals surface area contributed by atoms with Crippen LogP contribution in [0.5, 0.6) is 0 Å². The summed E-state index contributed by atoms with van der Waals surface area (Å²) in [4.78, 5) is 6.91. The van der Waals surface area contributed by atoms with Gasteiger partial charge in [0.05, 0.1) is 24.0 Å². The lowest BCUT2D eigenvalue weighted by molar-refractivity contribution is 0.604. The van der Waals surface area contributed by atoms with Crippen LogP contribution in [0, 0.1) is 0 Å². The normalized spacial score (nSPS) is 11.1. The lowest BCUT2D eigenvalue weighted by Crippen LogP contribution is -2.14. The smallest absolute Gasteiger partial charge is 0.236 e. The van der Waals surface area contributed by atoms with E-state index in [0.29, 0.717) is 5.69 Å². The number of hydrogen-bond donors (Lipinski definition) is 2. The third-order valence-electron chi connectivity index (χ3n) is 2.30. The largest absolute Gasteiger partial charge is 0.345 e. The first kappa shape index (κ1) is 12.4. The average molecular weight is 263 g/mol. The van der Waals surface area contributed by atoms with Crippen molar-refractivity contribution in [2.75, 3.05) is 10.5 Å². The molecule has 0 fully saturated rings. The molecule has 6 heteroatoms. The van der Waals surface area contributed by atoms with Gasteiger partial charge in [-0.25, -0.2) is 13.4 Å². The molecule has 5 nitrogen and oxygen atoms in total. The van der Waals surface area contributed by atoms with E-state index in [1.165, 1.54) is 6.08 Å². The van der Waals surface area contributed by atoms with Gasteiger partial charge >= 0.3 is 0 Å². The van der Waals surface area contributed by atoms with Crippen molar-refractivity contribution in [3.8, 4) is 11.3 Å². The van der Waals surface area contributed by atoms with Gasteiger partial charge in [-0.05, 0) is 17.7 Å². The molecule has 0 amide bonds. The molecule has 2 rings (SSSR count). The van der Waals surface area contributed by atoms with Crippen molar-refractivity contribution in [1.29, 1.82) is 0 Å². The number of anilines is 1. The number of nitrogens with one attached hydrogen (secondary N) is 2. The maximum atomic E-state index is 11.5. The highest BCUT2D eigenvalue weighted by atomic mass is 32.2. The van der Waals surface area contributed by atoms with E-state index in [9.17, 15) is 8.42 Å². The van der Waals surface area contributed by atoms with E-state index < -0.39 is 10.0 Å². The third-order valence-corrected chi connectivity index (χ3v) is 3.53. The van der Waals surface area contributed by atoms with E-state index >= 15 is 0 Å². The van der Waals surface area contributed by atoms with Crippen LogP contribution in [-0.2, 0) is 10.0 Å². The predicted octanol–water partition coefficient (Wildman–Crippen LogP) is 2.00. The van der Waals surface area contributed by atoms with E-state index in [-0.39, 0.29) is 5.75 Å². The Morgan fingerprint density at radius 2 is 2.06 bits per heavy atom. The number of imidazole rings is 1. The van der Waals surface area contributed by atoms with Gasteiger partial charge in [-0.15, -0.1) is 6.58 Å². The second-order valence-electron chi connectivity index (χ2n) is 3.71. The zero-order chi connectivity index (χ0) is 13.0. The van der Waals surface area contributed by atoms with Crippen molar-refractivity contribution < 1.29 is 8.42 Å². The molecule has 0 saturated carbocycles. The second kappa shape index (κ2) is 5.05. The van der Waals surface area contributed by atoms with Crippen LogP contribution < -0.4 is 4.72 Å². The first-order valence-electron chi connectivity index (χ1n) is 5.31. The fourth-order valence-electron chi connectivity index (χ4n) is 1.51. The number of nitrogens with zero attached hydrogens (tertiary/aromatic N) is 1. The van der Waals surface area contributed by atoms with E-state index in [1.807, 2.05) is 12.1 Å². The fraction of sp³-hybridized carbons (Fsp3) is 0.0833. The quantitative estimate of drug-likeness (QED) is 0.810. The van der Waals surface area contributed by atoms with Crippen molar-refractivity contribution in [3.05, 3.63) is 49.4 Å². The van der Waals surface area contributed by atoms with Gasteiger partial charge in [-0.1, -0.05) is 18.2 Å². The van der Waals surface area contributed by atoms with Gasteiger partial charge in [0.2, 0.25) is 10.0 Å². The fourth-order valence-corrected chi connectivity index (χ4v) is 2.40. The first-order valence-corrected chi connectivity index (χ1v) is 6.96. The lowest BCUT2D eigenvalue weighted by atomic mass is 10.1. The van der Waals surface area contributed by atoms with Crippen LogP contribution in [0.25, 0.3) is 11.3 Å². The second-order valence-corrected chi connectivity index (χ2v) is 5.48. The van der Waals surface area contributed by atoms with Crippen molar-refractivity contribution in [1.82, 2.24) is 9.97 Å². The van der Waals surface area contributed by atoms with Gasteiger partial charge in [0.1, 0.15) is 0 Å². The number of rotatable bonds is 5. The zero-order valence-electron chi connectivity index (χ0n) is 9.63. The Bertz CT molecular complexity index is 616. The molecule has 1 aromatic heterocycles. The molecule has 94 valence electrons. The summed E-state index contributed by atoms with van der Waals surface area (Å²) in [5.74, 6) is -0.102. The van der Waals surface area contributed by atoms with Gasteiger partial charge in [0, 0.05) is 5.69 Å². The molecule has 18 heavy (non-hydrogen) atoms. The number of H-pyrrole nitrogens is 1. The molecule has 2 N–H and O–H groups in total. The summed E-state index contributed by atoms with van der Waals surface area (Å²) in [5, 5.41) is 0. The van der Waals surface area contributed by atoms with Crippen molar-refractivity contribution in [3.63, 3.8) is 0 Å². The Balaban J connectivity index is 2.16. The summed E-state index contributed by atoms with van der Waals surface area (Å²) in [5.41, 5.74) is 2.36. The summed E-state index contributed by atoms with van der Waals surface area (Å²) >= 11 is 0. The predicted molar refractivity (Wildman–Crippen MR) is 71.6 cm³/mol. The standard InChI is InChI=1S/C12H13N3O2S/c1-2-7-18(16,17)15-11-5-3-10(4-6-11)12-8-13-9-14-12/h2-6,8-9,15H,1,7H2,(H,13,14). The Morgan fingerprint density at radius 3 is 2.61 bits per heavy atom. The summed E-state index contributed by atoms with van der Waals surface area (Å²) in [6.07, 6.45) is 4.65. The van der Waals surface area contributed by atoms with Gasteiger partial charge in [-0.3, -0.25) is 4.72 Å². The molecule has 0 atom stereocenters. The van der Waals surface area contributed by atoms with Gasteiger partial charge in [0.25, 0.3) is 0 Å². The molecule has 0 saturated heterocycles. The summed E-state index contributed by atoms with van der Waals surface area (Å²) in [6.45, 7) is 3.41. The molecule has 0 radical (unpaired) electrons. The summed E-state index contributed by atoms with van der Waals surface area (Å²) < 4.78 is 25.5. The maximum Gasteiger partial charge on any atom is 0.236 e. The first-order chi connectivity index (χ1) is 8.61. The van der Waals surface area contributed by atoms with Crippen LogP contribution >= 0.6 is 0 Å². The van der Waals surface area contributed by atoms with Crippen LogP contribution in [0.15, 0.2) is 49.4 Å². The molecule has 0 bridgehead atoms. The molecule has 1 aromatic carbocycles. The zero-order valence-corrected chi connectivity index (χ0v) is 10.4. The molecule has 0 aliphatic heterocycles. The van der Waals surface area contributed by atoms with Crippen molar-refractivity contribution in [2.24, 2.45) is 0 Å². The van der Waals surface area contributed by atoms with Gasteiger partial charge in [0.15, 0.2) is 0 Å². The molecular weight excluding hydrogens is 250 g/mol. The number of benzene rings is 1. The Kier molecular flexibility index (Phi) is 3.47. The van der Waals surface area contributed by atoms with E-state index in [4.69, 9.17) is 0 Å². The highest BCUT2D eigenvalue weighted by Gasteiger charge is 2.07. The Labute approximate surface area is 106 Å². The number of sulfonamides is 1. The van der Waals surface area contributed by atoms with Crippen LogP contribution in [-0.4, -0.2) is 24.1 Å². The molecule has 0 aliphatic rings. The number of aromatic amines is 1. The van der Waals surface area contributed by atoms with Crippen LogP contribution in [0.3, 0.4) is 0 Å². The topological polar surface area (TPSA) is 74.8 Å². The average Bonchev–Trinajstić information content (AvgIpc) is 2.82. The van der Waals surface area contributed by atoms with Crippen LogP contribution in [0.2, 0.25) is 0 Å². The molecule has 2 aromatic rings. The number of hydrogen-bond acceptors (Lipinski definition) is 3. The Morgan fingerprint density at radius 1 is 1.33 bits per heavy atom. The Hall–Kier alpha value is -2.08.